The molecule has 0 bridgehead atoms. The minimum atomic E-state index is -0.728. The van der Waals surface area contributed by atoms with Gasteiger partial charge in [0.15, 0.2) is 5.82 Å². The molecule has 0 aliphatic carbocycles. The third kappa shape index (κ3) is 3.28. The van der Waals surface area contributed by atoms with Crippen molar-refractivity contribution in [1.82, 2.24) is 14.7 Å². The highest BCUT2D eigenvalue weighted by Crippen LogP contribution is 2.24. The smallest absolute Gasteiger partial charge is 0.257 e. The van der Waals surface area contributed by atoms with E-state index >= 15 is 0 Å². The maximum Gasteiger partial charge on any atom is 0.257 e. The Bertz CT molecular complexity index is 796. The number of aryl methyl sites for hydroxylation is 1. The summed E-state index contributed by atoms with van der Waals surface area (Å²) >= 11 is 0. The second-order valence-corrected chi connectivity index (χ2v) is 6.47. The zero-order chi connectivity index (χ0) is 18.1. The second-order valence-electron chi connectivity index (χ2n) is 6.47. The van der Waals surface area contributed by atoms with E-state index in [4.69, 9.17) is 0 Å². The topological polar surface area (TPSA) is 58.4 Å². The van der Waals surface area contributed by atoms with Crippen molar-refractivity contribution in [1.29, 1.82) is 0 Å². The molecule has 134 valence electrons. The third-order valence-corrected chi connectivity index (χ3v) is 4.80. The van der Waals surface area contributed by atoms with Gasteiger partial charge in [-0.2, -0.15) is 5.10 Å². The van der Waals surface area contributed by atoms with E-state index in [0.717, 1.165) is 25.0 Å². The lowest BCUT2D eigenvalue weighted by molar-refractivity contribution is 0.0649. The monoisotopic (exact) mass is 349 g/mol. The van der Waals surface area contributed by atoms with Crippen molar-refractivity contribution >= 4 is 5.91 Å². The summed E-state index contributed by atoms with van der Waals surface area (Å²) in [6.45, 7) is 4.72. The first kappa shape index (κ1) is 17.5. The Morgan fingerprint density at radius 3 is 2.56 bits per heavy atom. The van der Waals surface area contributed by atoms with Crippen LogP contribution in [0.5, 0.6) is 0 Å². The first-order valence-corrected chi connectivity index (χ1v) is 8.34. The number of likely N-dealkylation sites (tertiary alicyclic amines) is 1. The Labute approximate surface area is 144 Å². The first-order chi connectivity index (χ1) is 11.9. The van der Waals surface area contributed by atoms with Crippen LogP contribution < -0.4 is 0 Å². The quantitative estimate of drug-likeness (QED) is 0.927. The molecule has 25 heavy (non-hydrogen) atoms. The van der Waals surface area contributed by atoms with E-state index in [2.05, 4.69) is 5.10 Å². The third-order valence-electron chi connectivity index (χ3n) is 4.80. The van der Waals surface area contributed by atoms with Crippen molar-refractivity contribution in [2.24, 2.45) is 5.92 Å². The van der Waals surface area contributed by atoms with Crippen LogP contribution in [0.2, 0.25) is 0 Å². The summed E-state index contributed by atoms with van der Waals surface area (Å²) < 4.78 is 28.6. The summed E-state index contributed by atoms with van der Waals surface area (Å²) in [6, 6.07) is 3.27. The Hall–Kier alpha value is -2.28. The van der Waals surface area contributed by atoms with Crippen LogP contribution in [0.15, 0.2) is 18.2 Å². The predicted octanol–water partition coefficient (Wildman–Crippen LogP) is 2.61. The molecule has 0 saturated carbocycles. The van der Waals surface area contributed by atoms with Gasteiger partial charge in [-0.1, -0.05) is 0 Å². The number of rotatable bonds is 3. The van der Waals surface area contributed by atoms with Crippen LogP contribution in [0.25, 0.3) is 5.69 Å². The number of nitrogens with zero attached hydrogens (tertiary/aromatic N) is 3. The Balaban J connectivity index is 1.91. The van der Waals surface area contributed by atoms with Crippen LogP contribution in [0.3, 0.4) is 0 Å². The fourth-order valence-corrected chi connectivity index (χ4v) is 3.32. The molecule has 3 rings (SSSR count). The molecule has 1 aliphatic heterocycles. The lowest BCUT2D eigenvalue weighted by atomic mass is 9.97. The van der Waals surface area contributed by atoms with E-state index in [-0.39, 0.29) is 24.1 Å². The number of carbonyl (C=O) groups is 1. The van der Waals surface area contributed by atoms with Gasteiger partial charge in [-0.25, -0.2) is 13.5 Å². The van der Waals surface area contributed by atoms with Gasteiger partial charge in [0.1, 0.15) is 11.5 Å². The number of aliphatic hydroxyl groups excluding tert-OH is 1. The number of halogens is 2. The number of aromatic nitrogens is 2. The fraction of sp³-hybridized carbons (Fsp3) is 0.444. The second kappa shape index (κ2) is 6.92. The van der Waals surface area contributed by atoms with Crippen LogP contribution >= 0.6 is 0 Å². The number of amides is 1. The largest absolute Gasteiger partial charge is 0.396 e. The van der Waals surface area contributed by atoms with Crippen LogP contribution in [-0.2, 0) is 0 Å². The number of piperidine rings is 1. The van der Waals surface area contributed by atoms with E-state index in [1.54, 1.807) is 18.7 Å². The molecule has 0 unspecified atom stereocenters. The van der Waals surface area contributed by atoms with Gasteiger partial charge in [-0.05, 0) is 44.7 Å². The number of hydrogen-bond donors (Lipinski definition) is 1. The molecule has 0 radical (unpaired) electrons. The maximum absolute atomic E-state index is 14.1. The van der Waals surface area contributed by atoms with Crippen molar-refractivity contribution in [3.05, 3.63) is 46.8 Å². The summed E-state index contributed by atoms with van der Waals surface area (Å²) in [5, 5.41) is 13.5. The molecular weight excluding hydrogens is 328 g/mol. The minimum Gasteiger partial charge on any atom is -0.396 e. The average molecular weight is 349 g/mol. The molecule has 1 amide bonds. The molecule has 1 N–H and O–H groups in total. The highest BCUT2D eigenvalue weighted by molar-refractivity contribution is 5.96. The lowest BCUT2D eigenvalue weighted by Gasteiger charge is -2.31. The van der Waals surface area contributed by atoms with Gasteiger partial charge in [0, 0.05) is 25.8 Å². The molecule has 7 heteroatoms. The molecule has 1 aliphatic rings. The standard InChI is InChI=1S/C18H21F2N3O2/c1-11-17(18(25)22-7-5-13(10-24)6-8-22)12(2)23(21-11)16-4-3-14(19)9-15(16)20/h3-4,9,13,24H,5-8,10H2,1-2H3. The summed E-state index contributed by atoms with van der Waals surface area (Å²) in [6.07, 6.45) is 1.53. The van der Waals surface area contributed by atoms with Crippen molar-refractivity contribution < 1.29 is 18.7 Å². The van der Waals surface area contributed by atoms with Gasteiger partial charge >= 0.3 is 0 Å². The highest BCUT2D eigenvalue weighted by atomic mass is 19.1. The number of aliphatic hydroxyl groups is 1. The van der Waals surface area contributed by atoms with Crippen molar-refractivity contribution in [2.45, 2.75) is 26.7 Å². The van der Waals surface area contributed by atoms with Crippen molar-refractivity contribution in [3.63, 3.8) is 0 Å². The van der Waals surface area contributed by atoms with E-state index in [0.29, 0.717) is 30.0 Å². The Kier molecular flexibility index (Phi) is 4.85. The molecular formula is C18H21F2N3O2. The molecule has 2 heterocycles. The fourth-order valence-electron chi connectivity index (χ4n) is 3.32. The lowest BCUT2D eigenvalue weighted by Crippen LogP contribution is -2.39. The zero-order valence-corrected chi connectivity index (χ0v) is 14.3. The van der Waals surface area contributed by atoms with Gasteiger partial charge in [0.25, 0.3) is 5.91 Å². The molecule has 0 atom stereocenters. The first-order valence-electron chi connectivity index (χ1n) is 8.34. The number of benzene rings is 1. The Morgan fingerprint density at radius 1 is 1.28 bits per heavy atom. The molecule has 2 aromatic rings. The van der Waals surface area contributed by atoms with Crippen LogP contribution in [0.4, 0.5) is 8.78 Å². The van der Waals surface area contributed by atoms with E-state index < -0.39 is 11.6 Å². The minimum absolute atomic E-state index is 0.111. The van der Waals surface area contributed by atoms with E-state index in [9.17, 15) is 18.7 Å². The molecule has 0 spiro atoms. The van der Waals surface area contributed by atoms with Crippen LogP contribution in [-0.4, -0.2) is 45.4 Å². The van der Waals surface area contributed by atoms with Crippen LogP contribution in [0.1, 0.15) is 34.6 Å². The Morgan fingerprint density at radius 2 is 1.96 bits per heavy atom. The summed E-state index contributed by atoms with van der Waals surface area (Å²) in [5.74, 6) is -1.29. The maximum atomic E-state index is 14.1. The molecule has 5 nitrogen and oxygen atoms in total. The van der Waals surface area contributed by atoms with E-state index in [1.165, 1.54) is 10.7 Å². The highest BCUT2D eigenvalue weighted by Gasteiger charge is 2.28. The number of hydrogen-bond acceptors (Lipinski definition) is 3. The molecule has 1 aromatic heterocycles. The molecule has 1 fully saturated rings. The SMILES string of the molecule is Cc1nn(-c2ccc(F)cc2F)c(C)c1C(=O)N1CCC(CO)CC1. The van der Waals surface area contributed by atoms with E-state index in [1.807, 2.05) is 0 Å². The predicted molar refractivity (Wildman–Crippen MR) is 88.7 cm³/mol. The van der Waals surface area contributed by atoms with Gasteiger partial charge in [0.2, 0.25) is 0 Å². The summed E-state index contributed by atoms with van der Waals surface area (Å²) in [4.78, 5) is 14.6. The number of carbonyl (C=O) groups excluding carboxylic acids is 1. The van der Waals surface area contributed by atoms with Gasteiger partial charge < -0.3 is 10.0 Å². The van der Waals surface area contributed by atoms with Crippen molar-refractivity contribution in [2.75, 3.05) is 19.7 Å². The van der Waals surface area contributed by atoms with Crippen molar-refractivity contribution in [3.8, 4) is 5.69 Å². The summed E-state index contributed by atoms with van der Waals surface area (Å²) in [7, 11) is 0. The average Bonchev–Trinajstić information content (AvgIpc) is 2.89. The molecule has 1 aromatic carbocycles. The summed E-state index contributed by atoms with van der Waals surface area (Å²) in [5.41, 5.74) is 1.60. The van der Waals surface area contributed by atoms with Gasteiger partial charge in [-0.15, -0.1) is 0 Å². The van der Waals surface area contributed by atoms with Crippen LogP contribution in [0, 0.1) is 31.4 Å². The normalized spacial score (nSPS) is 15.6. The van der Waals surface area contributed by atoms with Gasteiger partial charge in [-0.3, -0.25) is 4.79 Å². The molecule has 1 saturated heterocycles. The zero-order valence-electron chi connectivity index (χ0n) is 14.3. The van der Waals surface area contributed by atoms with Gasteiger partial charge in [0.05, 0.1) is 17.0 Å².